The molecule has 0 heterocycles. The molecule has 46 valence electrons. The highest BCUT2D eigenvalue weighted by Crippen LogP contribution is 2.07. The molecule has 2 atom stereocenters. The van der Waals surface area contributed by atoms with Gasteiger partial charge in [-0.2, -0.15) is 0 Å². The molecule has 0 saturated carbocycles. The van der Waals surface area contributed by atoms with E-state index < -0.39 is 11.5 Å². The molecule has 0 aliphatic rings. The summed E-state index contributed by atoms with van der Waals surface area (Å²) in [5, 5.41) is -0.632. The van der Waals surface area contributed by atoms with Gasteiger partial charge in [-0.15, -0.1) is 24.8 Å². The van der Waals surface area contributed by atoms with Crippen molar-refractivity contribution in [1.82, 2.24) is 0 Å². The first-order valence-electron chi connectivity index (χ1n) is 2.25. The SMILES string of the molecule is C=CC(Cl)[C@@H](F)C=C. The van der Waals surface area contributed by atoms with Crippen LogP contribution in [0.1, 0.15) is 0 Å². The Morgan fingerprint density at radius 3 is 2.00 bits per heavy atom. The maximum atomic E-state index is 12.2. The van der Waals surface area contributed by atoms with Gasteiger partial charge in [0.2, 0.25) is 0 Å². The van der Waals surface area contributed by atoms with Crippen LogP contribution in [0.15, 0.2) is 25.3 Å². The Bertz CT molecular complexity index is 78.5. The van der Waals surface area contributed by atoms with E-state index in [1.807, 2.05) is 0 Å². The van der Waals surface area contributed by atoms with Crippen molar-refractivity contribution < 1.29 is 4.39 Å². The first kappa shape index (κ1) is 7.70. The lowest BCUT2D eigenvalue weighted by atomic mass is 10.3. The number of allylic oxidation sites excluding steroid dienone is 2. The van der Waals surface area contributed by atoms with Gasteiger partial charge in [-0.25, -0.2) is 4.39 Å². The first-order chi connectivity index (χ1) is 3.72. The summed E-state index contributed by atoms with van der Waals surface area (Å²) in [5.74, 6) is 0. The molecule has 0 aliphatic heterocycles. The second kappa shape index (κ2) is 3.67. The molecule has 2 heteroatoms. The van der Waals surface area contributed by atoms with Crippen LogP contribution in [0.5, 0.6) is 0 Å². The molecule has 0 saturated heterocycles. The molecule has 1 unspecified atom stereocenters. The van der Waals surface area contributed by atoms with Crippen LogP contribution in [-0.2, 0) is 0 Å². The van der Waals surface area contributed by atoms with Gasteiger partial charge in [0, 0.05) is 0 Å². The molecule has 0 nitrogen and oxygen atoms in total. The standard InChI is InChI=1S/C6H8ClF/c1-3-5(7)6(8)4-2/h3-6H,1-2H2/t5?,6-/m0/s1. The molecule has 0 aromatic carbocycles. The maximum absolute atomic E-state index is 12.2. The summed E-state index contributed by atoms with van der Waals surface area (Å²) in [5.41, 5.74) is 0. The van der Waals surface area contributed by atoms with Gasteiger partial charge in [0.15, 0.2) is 0 Å². The van der Waals surface area contributed by atoms with Crippen LogP contribution < -0.4 is 0 Å². The van der Waals surface area contributed by atoms with Crippen LogP contribution in [-0.4, -0.2) is 11.5 Å². The van der Waals surface area contributed by atoms with E-state index in [0.29, 0.717) is 0 Å². The number of hydrogen-bond donors (Lipinski definition) is 0. The van der Waals surface area contributed by atoms with E-state index in [0.717, 1.165) is 6.08 Å². The summed E-state index contributed by atoms with van der Waals surface area (Å²) < 4.78 is 12.2. The second-order valence-electron chi connectivity index (χ2n) is 1.36. The van der Waals surface area contributed by atoms with Gasteiger partial charge in [-0.3, -0.25) is 0 Å². The minimum Gasteiger partial charge on any atom is -0.241 e. The van der Waals surface area contributed by atoms with Crippen LogP contribution in [0.2, 0.25) is 0 Å². The van der Waals surface area contributed by atoms with E-state index in [9.17, 15) is 4.39 Å². The van der Waals surface area contributed by atoms with Gasteiger partial charge in [-0.1, -0.05) is 12.2 Å². The lowest BCUT2D eigenvalue weighted by Crippen LogP contribution is -2.08. The largest absolute Gasteiger partial charge is 0.241 e. The summed E-state index contributed by atoms with van der Waals surface area (Å²) >= 11 is 5.35. The molecule has 8 heavy (non-hydrogen) atoms. The fraction of sp³-hybridized carbons (Fsp3) is 0.333. The average molecular weight is 135 g/mol. The molecule has 0 fully saturated rings. The molecule has 0 aromatic heterocycles. The average Bonchev–Trinajstić information content (AvgIpc) is 1.84. The molecule has 0 amide bonds. The van der Waals surface area contributed by atoms with Crippen LogP contribution in [0, 0.1) is 0 Å². The molecule has 0 aromatic rings. The minimum atomic E-state index is -1.17. The molecule has 0 aliphatic carbocycles. The van der Waals surface area contributed by atoms with E-state index in [1.54, 1.807) is 0 Å². The van der Waals surface area contributed by atoms with Gasteiger partial charge in [0.05, 0.1) is 5.38 Å². The van der Waals surface area contributed by atoms with Crippen LogP contribution in [0.3, 0.4) is 0 Å². The van der Waals surface area contributed by atoms with Gasteiger partial charge >= 0.3 is 0 Å². The molecular weight excluding hydrogens is 127 g/mol. The highest BCUT2D eigenvalue weighted by molar-refractivity contribution is 6.22. The molecule has 0 N–H and O–H groups in total. The van der Waals surface area contributed by atoms with Crippen molar-refractivity contribution >= 4 is 11.6 Å². The Hall–Kier alpha value is -0.300. The highest BCUT2D eigenvalue weighted by atomic mass is 35.5. The van der Waals surface area contributed by atoms with Crippen LogP contribution in [0.4, 0.5) is 4.39 Å². The van der Waals surface area contributed by atoms with Gasteiger partial charge in [-0.05, 0) is 0 Å². The van der Waals surface area contributed by atoms with Gasteiger partial charge in [0.25, 0.3) is 0 Å². The van der Waals surface area contributed by atoms with Crippen molar-refractivity contribution in [1.29, 1.82) is 0 Å². The number of alkyl halides is 2. The number of rotatable bonds is 3. The molecule has 0 spiro atoms. The number of hydrogen-bond acceptors (Lipinski definition) is 0. The van der Waals surface area contributed by atoms with E-state index >= 15 is 0 Å². The third kappa shape index (κ3) is 2.12. The van der Waals surface area contributed by atoms with Crippen molar-refractivity contribution in [2.24, 2.45) is 0 Å². The predicted molar refractivity (Wildman–Crippen MR) is 34.9 cm³/mol. The zero-order chi connectivity index (χ0) is 6.57. The zero-order valence-electron chi connectivity index (χ0n) is 4.48. The maximum Gasteiger partial charge on any atom is 0.138 e. The molecule has 0 radical (unpaired) electrons. The number of halogens is 2. The summed E-state index contributed by atoms with van der Waals surface area (Å²) in [4.78, 5) is 0. The van der Waals surface area contributed by atoms with Gasteiger partial charge in [0.1, 0.15) is 6.17 Å². The van der Waals surface area contributed by atoms with Crippen molar-refractivity contribution in [3.05, 3.63) is 25.3 Å². The Balaban J connectivity index is 3.60. The normalized spacial score (nSPS) is 16.8. The monoisotopic (exact) mass is 134 g/mol. The Labute approximate surface area is 53.7 Å². The quantitative estimate of drug-likeness (QED) is 0.411. The summed E-state index contributed by atoms with van der Waals surface area (Å²) in [7, 11) is 0. The molecule has 0 rings (SSSR count). The van der Waals surface area contributed by atoms with Crippen LogP contribution in [0.25, 0.3) is 0 Å². The minimum absolute atomic E-state index is 0.632. The molecule has 0 bridgehead atoms. The van der Waals surface area contributed by atoms with E-state index in [4.69, 9.17) is 11.6 Å². The van der Waals surface area contributed by atoms with E-state index in [1.165, 1.54) is 6.08 Å². The predicted octanol–water partition coefficient (Wildman–Crippen LogP) is 2.30. The topological polar surface area (TPSA) is 0 Å². The third-order valence-corrected chi connectivity index (χ3v) is 1.17. The van der Waals surface area contributed by atoms with Crippen molar-refractivity contribution in [2.45, 2.75) is 11.5 Å². The lowest BCUT2D eigenvalue weighted by Gasteiger charge is -2.02. The lowest BCUT2D eigenvalue weighted by molar-refractivity contribution is 0.408. The first-order valence-corrected chi connectivity index (χ1v) is 2.69. The van der Waals surface area contributed by atoms with E-state index in [-0.39, 0.29) is 0 Å². The summed E-state index contributed by atoms with van der Waals surface area (Å²) in [6.07, 6.45) is 1.32. The fourth-order valence-electron chi connectivity index (χ4n) is 0.260. The van der Waals surface area contributed by atoms with Crippen molar-refractivity contribution in [2.75, 3.05) is 0 Å². The zero-order valence-corrected chi connectivity index (χ0v) is 5.24. The fourth-order valence-corrected chi connectivity index (χ4v) is 0.363. The van der Waals surface area contributed by atoms with Crippen LogP contribution >= 0.6 is 11.6 Å². The van der Waals surface area contributed by atoms with E-state index in [2.05, 4.69) is 13.2 Å². The van der Waals surface area contributed by atoms with Crippen molar-refractivity contribution in [3.63, 3.8) is 0 Å². The molecular formula is C6H8ClF. The highest BCUT2D eigenvalue weighted by Gasteiger charge is 2.08. The summed E-state index contributed by atoms with van der Waals surface area (Å²) in [6.45, 7) is 6.53. The van der Waals surface area contributed by atoms with Gasteiger partial charge < -0.3 is 0 Å². The second-order valence-corrected chi connectivity index (χ2v) is 1.86. The summed E-state index contributed by atoms with van der Waals surface area (Å²) in [6, 6.07) is 0. The smallest absolute Gasteiger partial charge is 0.138 e. The van der Waals surface area contributed by atoms with Crippen molar-refractivity contribution in [3.8, 4) is 0 Å². The Morgan fingerprint density at radius 2 is 1.88 bits per heavy atom. The Morgan fingerprint density at radius 1 is 1.38 bits per heavy atom. The third-order valence-electron chi connectivity index (χ3n) is 0.755. The Kier molecular flexibility index (Phi) is 3.53.